The summed E-state index contributed by atoms with van der Waals surface area (Å²) in [5.41, 5.74) is 2.21. The van der Waals surface area contributed by atoms with Gasteiger partial charge in [-0.05, 0) is 63.1 Å². The molecule has 9 nitrogen and oxygen atoms in total. The lowest BCUT2D eigenvalue weighted by Crippen LogP contribution is -2.52. The highest BCUT2D eigenvalue weighted by Crippen LogP contribution is 2.32. The van der Waals surface area contributed by atoms with Gasteiger partial charge in [0.1, 0.15) is 17.4 Å². The van der Waals surface area contributed by atoms with E-state index in [1.807, 2.05) is 63.2 Å². The van der Waals surface area contributed by atoms with Crippen LogP contribution in [0.2, 0.25) is 0 Å². The zero-order chi connectivity index (χ0) is 26.3. The maximum atomic E-state index is 13.4. The summed E-state index contributed by atoms with van der Waals surface area (Å²) in [5.74, 6) is 0.00468. The van der Waals surface area contributed by atoms with E-state index in [-0.39, 0.29) is 36.7 Å². The summed E-state index contributed by atoms with van der Waals surface area (Å²) in [7, 11) is 1.60. The molecule has 2 aliphatic heterocycles. The van der Waals surface area contributed by atoms with E-state index in [9.17, 15) is 14.4 Å². The van der Waals surface area contributed by atoms with Gasteiger partial charge in [-0.25, -0.2) is 0 Å². The van der Waals surface area contributed by atoms with Crippen LogP contribution in [0.3, 0.4) is 0 Å². The molecule has 194 valence electrons. The first-order chi connectivity index (χ1) is 17.6. The highest BCUT2D eigenvalue weighted by atomic mass is 16.6. The van der Waals surface area contributed by atoms with Gasteiger partial charge in [0.15, 0.2) is 0 Å². The van der Waals surface area contributed by atoms with Crippen LogP contribution in [0.1, 0.15) is 45.2 Å². The number of carbonyl (C=O) groups is 3. The number of piperidine rings is 1. The maximum Gasteiger partial charge on any atom is 0.313 e. The Labute approximate surface area is 215 Å². The van der Waals surface area contributed by atoms with Gasteiger partial charge < -0.3 is 14.4 Å². The monoisotopic (exact) mass is 504 g/mol. The lowest BCUT2D eigenvalue weighted by atomic mass is 9.98. The number of benzene rings is 2. The smallest absolute Gasteiger partial charge is 0.313 e. The number of amides is 2. The van der Waals surface area contributed by atoms with Crippen molar-refractivity contribution >= 4 is 34.4 Å². The van der Waals surface area contributed by atoms with Crippen molar-refractivity contribution in [2.75, 3.05) is 25.1 Å². The van der Waals surface area contributed by atoms with E-state index < -0.39 is 11.6 Å². The van der Waals surface area contributed by atoms with Gasteiger partial charge >= 0.3 is 5.97 Å². The topological polar surface area (TPSA) is 94.0 Å². The van der Waals surface area contributed by atoms with Crippen LogP contribution in [-0.4, -0.2) is 58.3 Å². The molecule has 0 aliphatic carbocycles. The summed E-state index contributed by atoms with van der Waals surface area (Å²) in [5, 5.41) is 5.44. The average Bonchev–Trinajstić information content (AvgIpc) is 3.23. The number of ether oxygens (including phenoxy) is 2. The Kier molecular flexibility index (Phi) is 6.39. The number of aromatic nitrogens is 2. The molecule has 2 aromatic carbocycles. The number of likely N-dealkylation sites (tertiary alicyclic amines) is 1. The van der Waals surface area contributed by atoms with Crippen molar-refractivity contribution in [1.82, 2.24) is 14.7 Å². The van der Waals surface area contributed by atoms with Crippen LogP contribution >= 0.6 is 0 Å². The normalized spacial score (nSPS) is 18.8. The minimum absolute atomic E-state index is 0.133. The second-order valence-electron chi connectivity index (χ2n) is 10.7. The summed E-state index contributed by atoms with van der Waals surface area (Å²) in [6.45, 7) is 7.06. The first-order valence-corrected chi connectivity index (χ1v) is 12.5. The molecule has 37 heavy (non-hydrogen) atoms. The highest BCUT2D eigenvalue weighted by Gasteiger charge is 2.38. The number of hydrogen-bond acceptors (Lipinski definition) is 7. The number of methoxy groups -OCH3 is 1. The van der Waals surface area contributed by atoms with Crippen LogP contribution in [0.25, 0.3) is 10.9 Å². The Morgan fingerprint density at radius 3 is 2.49 bits per heavy atom. The molecular weight excluding hydrogens is 472 g/mol. The second kappa shape index (κ2) is 9.53. The molecule has 3 heterocycles. The molecule has 1 atom stereocenters. The maximum absolute atomic E-state index is 13.4. The molecule has 5 rings (SSSR count). The van der Waals surface area contributed by atoms with E-state index in [2.05, 4.69) is 10.00 Å². The van der Waals surface area contributed by atoms with Gasteiger partial charge in [0, 0.05) is 30.6 Å². The van der Waals surface area contributed by atoms with E-state index in [1.165, 1.54) is 4.90 Å². The molecule has 0 bridgehead atoms. The Morgan fingerprint density at radius 2 is 1.81 bits per heavy atom. The SMILES string of the molecule is COc1ccc(CN2C(=O)CCC(n3ncc4cc(N5CC(C(=O)OC(C)(C)C)C5)ccc43)C2=O)cc1. The van der Waals surface area contributed by atoms with Gasteiger partial charge in [-0.1, -0.05) is 12.1 Å². The fraction of sp³-hybridized carbons (Fsp3) is 0.429. The van der Waals surface area contributed by atoms with E-state index in [0.717, 1.165) is 27.9 Å². The van der Waals surface area contributed by atoms with Crippen LogP contribution in [-0.2, 0) is 25.7 Å². The van der Waals surface area contributed by atoms with Crippen molar-refractivity contribution in [3.63, 3.8) is 0 Å². The molecule has 3 aromatic rings. The molecule has 2 aliphatic rings. The van der Waals surface area contributed by atoms with Gasteiger partial charge in [0.05, 0.1) is 31.3 Å². The fourth-order valence-electron chi connectivity index (χ4n) is 4.84. The van der Waals surface area contributed by atoms with Crippen molar-refractivity contribution in [1.29, 1.82) is 0 Å². The van der Waals surface area contributed by atoms with E-state index in [0.29, 0.717) is 19.5 Å². The predicted molar refractivity (Wildman–Crippen MR) is 138 cm³/mol. The summed E-state index contributed by atoms with van der Waals surface area (Å²) in [6, 6.07) is 12.8. The summed E-state index contributed by atoms with van der Waals surface area (Å²) >= 11 is 0. The number of hydrogen-bond donors (Lipinski definition) is 0. The summed E-state index contributed by atoms with van der Waals surface area (Å²) in [6.07, 6.45) is 2.45. The molecule has 2 fully saturated rings. The second-order valence-corrected chi connectivity index (χ2v) is 10.7. The van der Waals surface area contributed by atoms with Gasteiger partial charge in [0.25, 0.3) is 5.91 Å². The molecule has 1 aromatic heterocycles. The number of anilines is 1. The lowest BCUT2D eigenvalue weighted by Gasteiger charge is -2.40. The number of esters is 1. The third-order valence-electron chi connectivity index (χ3n) is 6.84. The van der Waals surface area contributed by atoms with Crippen LogP contribution in [0, 0.1) is 5.92 Å². The lowest BCUT2D eigenvalue weighted by molar-refractivity contribution is -0.161. The van der Waals surface area contributed by atoms with Gasteiger partial charge in [-0.15, -0.1) is 0 Å². The number of fused-ring (bicyclic) bond motifs is 1. The minimum Gasteiger partial charge on any atom is -0.497 e. The Balaban J connectivity index is 1.29. The molecule has 0 radical (unpaired) electrons. The van der Waals surface area contributed by atoms with Crippen LogP contribution in [0.5, 0.6) is 5.75 Å². The molecule has 0 spiro atoms. The zero-order valence-corrected chi connectivity index (χ0v) is 21.6. The quantitative estimate of drug-likeness (QED) is 0.373. The number of carbonyl (C=O) groups excluding carboxylic acids is 3. The van der Waals surface area contributed by atoms with Crippen LogP contribution in [0.4, 0.5) is 5.69 Å². The predicted octanol–water partition coefficient (Wildman–Crippen LogP) is 3.71. The Morgan fingerprint density at radius 1 is 1.08 bits per heavy atom. The van der Waals surface area contributed by atoms with Gasteiger partial charge in [-0.3, -0.25) is 24.0 Å². The molecule has 0 N–H and O–H groups in total. The molecule has 9 heteroatoms. The number of nitrogens with zero attached hydrogens (tertiary/aromatic N) is 4. The Hall–Kier alpha value is -3.88. The molecule has 0 saturated carbocycles. The Bertz CT molecular complexity index is 1330. The van der Waals surface area contributed by atoms with Gasteiger partial charge in [0.2, 0.25) is 5.91 Å². The first kappa shape index (κ1) is 24.8. The van der Waals surface area contributed by atoms with E-state index >= 15 is 0 Å². The summed E-state index contributed by atoms with van der Waals surface area (Å²) < 4.78 is 12.4. The van der Waals surface area contributed by atoms with E-state index in [4.69, 9.17) is 9.47 Å². The average molecular weight is 505 g/mol. The zero-order valence-electron chi connectivity index (χ0n) is 21.6. The van der Waals surface area contributed by atoms with E-state index in [1.54, 1.807) is 18.0 Å². The van der Waals surface area contributed by atoms with Crippen LogP contribution in [0.15, 0.2) is 48.7 Å². The first-order valence-electron chi connectivity index (χ1n) is 12.5. The number of imide groups is 1. The summed E-state index contributed by atoms with van der Waals surface area (Å²) in [4.78, 5) is 41.8. The number of rotatable bonds is 6. The van der Waals surface area contributed by atoms with Crippen molar-refractivity contribution < 1.29 is 23.9 Å². The molecule has 2 amide bonds. The minimum atomic E-state index is -0.542. The standard InChI is InChI=1S/C28H32N4O5/c1-28(2,3)37-27(35)20-16-30(17-20)21-7-10-23-19(13-21)14-29-32(23)24-11-12-25(33)31(26(24)34)15-18-5-8-22(36-4)9-6-18/h5-10,13-14,20,24H,11-12,15-17H2,1-4H3. The molecule has 1 unspecified atom stereocenters. The highest BCUT2D eigenvalue weighted by molar-refractivity contribution is 6.00. The molecular formula is C28H32N4O5. The third-order valence-corrected chi connectivity index (χ3v) is 6.84. The molecule has 2 saturated heterocycles. The fourth-order valence-corrected chi connectivity index (χ4v) is 4.84. The largest absolute Gasteiger partial charge is 0.497 e. The third kappa shape index (κ3) is 5.03. The van der Waals surface area contributed by atoms with Crippen molar-refractivity contribution in [3.05, 3.63) is 54.2 Å². The van der Waals surface area contributed by atoms with Crippen molar-refractivity contribution in [3.8, 4) is 5.75 Å². The van der Waals surface area contributed by atoms with Crippen molar-refractivity contribution in [2.24, 2.45) is 5.92 Å². The van der Waals surface area contributed by atoms with Gasteiger partial charge in [-0.2, -0.15) is 5.10 Å². The van der Waals surface area contributed by atoms with Crippen molar-refractivity contribution in [2.45, 2.75) is 51.8 Å². The van der Waals surface area contributed by atoms with Crippen LogP contribution < -0.4 is 9.64 Å².